The summed E-state index contributed by atoms with van der Waals surface area (Å²) in [5, 5.41) is 1.88. The zero-order chi connectivity index (χ0) is 30.8. The number of rotatable bonds is 9. The lowest BCUT2D eigenvalue weighted by atomic mass is 9.81. The molecule has 0 aliphatic carbocycles. The predicted molar refractivity (Wildman–Crippen MR) is 177 cm³/mol. The summed E-state index contributed by atoms with van der Waals surface area (Å²) >= 11 is 0. The number of aryl methyl sites for hydroxylation is 1. The van der Waals surface area contributed by atoms with Crippen molar-refractivity contribution in [2.45, 2.75) is 52.4 Å². The van der Waals surface area contributed by atoms with Gasteiger partial charge in [0, 0.05) is 35.3 Å². The number of methoxy groups -OCH3 is 2. The molecule has 1 aliphatic rings. The summed E-state index contributed by atoms with van der Waals surface area (Å²) in [6.45, 7) is 7.81. The van der Waals surface area contributed by atoms with E-state index in [-0.39, 0.29) is 12.1 Å². The smallest absolute Gasteiger partial charge is 0.150 e. The van der Waals surface area contributed by atoms with Crippen molar-refractivity contribution in [3.8, 4) is 28.4 Å². The quantitative estimate of drug-likeness (QED) is 0.162. The fraction of sp³-hybridized carbons (Fsp3) is 0.256. The minimum Gasteiger partial charge on any atom is -0.496 e. The van der Waals surface area contributed by atoms with Crippen LogP contribution in [0.25, 0.3) is 21.9 Å². The Morgan fingerprint density at radius 1 is 0.841 bits per heavy atom. The van der Waals surface area contributed by atoms with Crippen molar-refractivity contribution in [1.82, 2.24) is 4.90 Å². The van der Waals surface area contributed by atoms with Crippen molar-refractivity contribution < 1.29 is 19.0 Å². The first kappa shape index (κ1) is 29.5. The Hall–Kier alpha value is -4.61. The van der Waals surface area contributed by atoms with Gasteiger partial charge in [0.05, 0.1) is 19.6 Å². The topological polar surface area (TPSA) is 48.0 Å². The number of hydrogen-bond donors (Lipinski definition) is 0. The molecule has 0 amide bonds. The van der Waals surface area contributed by atoms with Crippen molar-refractivity contribution in [2.75, 3.05) is 14.2 Å². The maximum atomic E-state index is 12.8. The van der Waals surface area contributed by atoms with Crippen LogP contribution < -0.4 is 14.2 Å². The van der Waals surface area contributed by atoms with Gasteiger partial charge in [-0.2, -0.15) is 0 Å². The fourth-order valence-electron chi connectivity index (χ4n) is 6.87. The van der Waals surface area contributed by atoms with Crippen molar-refractivity contribution in [3.63, 3.8) is 0 Å². The van der Waals surface area contributed by atoms with E-state index in [1.165, 1.54) is 5.56 Å². The molecule has 0 N–H and O–H groups in total. The molecular weight excluding hydrogens is 546 g/mol. The van der Waals surface area contributed by atoms with Crippen LogP contribution in [0.5, 0.6) is 17.2 Å². The number of hydrogen-bond acceptors (Lipinski definition) is 5. The third kappa shape index (κ3) is 5.33. The minimum absolute atomic E-state index is 0.0118. The van der Waals surface area contributed by atoms with Crippen LogP contribution in [-0.2, 0) is 19.6 Å². The van der Waals surface area contributed by atoms with Crippen LogP contribution in [0.2, 0.25) is 0 Å². The summed E-state index contributed by atoms with van der Waals surface area (Å²) in [5.41, 5.74) is 8.16. The minimum atomic E-state index is 0.0118. The van der Waals surface area contributed by atoms with Crippen LogP contribution in [0.15, 0.2) is 91.0 Å². The Morgan fingerprint density at radius 2 is 1.52 bits per heavy atom. The van der Waals surface area contributed by atoms with Crippen molar-refractivity contribution >= 4 is 17.1 Å². The first-order valence-corrected chi connectivity index (χ1v) is 15.2. The van der Waals surface area contributed by atoms with Gasteiger partial charge in [0.15, 0.2) is 0 Å². The van der Waals surface area contributed by atoms with Gasteiger partial charge >= 0.3 is 0 Å². The number of aldehydes is 1. The molecule has 5 aromatic carbocycles. The Bertz CT molecular complexity index is 1800. The summed E-state index contributed by atoms with van der Waals surface area (Å²) in [7, 11) is 3.36. The fourth-order valence-corrected chi connectivity index (χ4v) is 6.87. The summed E-state index contributed by atoms with van der Waals surface area (Å²) < 4.78 is 18.5. The third-order valence-electron chi connectivity index (χ3n) is 9.00. The molecule has 6 rings (SSSR count). The molecule has 44 heavy (non-hydrogen) atoms. The molecule has 224 valence electrons. The highest BCUT2D eigenvalue weighted by Gasteiger charge is 2.35. The predicted octanol–water partition coefficient (Wildman–Crippen LogP) is 8.73. The normalized spacial score (nSPS) is 16.4. The molecule has 0 spiro atoms. The van der Waals surface area contributed by atoms with Gasteiger partial charge in [-0.3, -0.25) is 9.69 Å². The Labute approximate surface area is 260 Å². The summed E-state index contributed by atoms with van der Waals surface area (Å²) in [4.78, 5) is 15.3. The molecule has 1 aliphatic heterocycles. The number of carbonyl (C=O) groups excluding carboxylic acids is 1. The van der Waals surface area contributed by atoms with Gasteiger partial charge in [0.25, 0.3) is 0 Å². The molecule has 0 aromatic heterocycles. The van der Waals surface area contributed by atoms with Crippen molar-refractivity contribution in [2.24, 2.45) is 0 Å². The average molecular weight is 586 g/mol. The van der Waals surface area contributed by atoms with Crippen molar-refractivity contribution in [1.29, 1.82) is 0 Å². The SMILES string of the molecule is COc1cccc2c(-c3cc(C=O)c4c(c3OCc3ccccc3)[C@@H](C)N(Cc3ccccc3)[C@H](C)C4)c(C)cc(OC)c12. The second-order valence-electron chi connectivity index (χ2n) is 11.7. The highest BCUT2D eigenvalue weighted by atomic mass is 16.5. The van der Waals surface area contributed by atoms with Gasteiger partial charge in [-0.05, 0) is 78.6 Å². The van der Waals surface area contributed by atoms with Crippen LogP contribution in [0.4, 0.5) is 0 Å². The summed E-state index contributed by atoms with van der Waals surface area (Å²) in [5.74, 6) is 2.30. The lowest BCUT2D eigenvalue weighted by molar-refractivity contribution is 0.111. The van der Waals surface area contributed by atoms with Gasteiger partial charge in [-0.15, -0.1) is 0 Å². The third-order valence-corrected chi connectivity index (χ3v) is 9.00. The maximum absolute atomic E-state index is 12.8. The molecule has 1 heterocycles. The van der Waals surface area contributed by atoms with Crippen LogP contribution in [0.1, 0.15) is 58.1 Å². The molecule has 5 nitrogen and oxygen atoms in total. The molecule has 2 atom stereocenters. The highest BCUT2D eigenvalue weighted by molar-refractivity contribution is 6.06. The first-order chi connectivity index (χ1) is 21.4. The number of carbonyl (C=O) groups is 1. The van der Waals surface area contributed by atoms with E-state index in [0.29, 0.717) is 12.2 Å². The van der Waals surface area contributed by atoms with Crippen LogP contribution >= 0.6 is 0 Å². The molecule has 5 aromatic rings. The second-order valence-corrected chi connectivity index (χ2v) is 11.7. The van der Waals surface area contributed by atoms with E-state index in [2.05, 4.69) is 80.3 Å². The number of ether oxygens (including phenoxy) is 3. The molecule has 0 unspecified atom stereocenters. The molecule has 0 bridgehead atoms. The largest absolute Gasteiger partial charge is 0.496 e. The van der Waals surface area contributed by atoms with Gasteiger partial charge in [0.1, 0.15) is 30.1 Å². The number of fused-ring (bicyclic) bond motifs is 2. The first-order valence-electron chi connectivity index (χ1n) is 15.2. The molecule has 0 fully saturated rings. The van der Waals surface area contributed by atoms with E-state index in [4.69, 9.17) is 14.2 Å². The standard InChI is InChI=1S/C39H39NO4/c1-25-19-35(43-5)38-31(17-12-18-34(38)42-4)36(25)33-21-30(23-41)32-20-26(2)40(22-28-13-8-6-9-14-28)27(3)37(32)39(33)44-24-29-15-10-7-11-16-29/h6-19,21,23,26-27H,20,22,24H2,1-5H3/t26-,27-/m1/s1. The van der Waals surface area contributed by atoms with Crippen molar-refractivity contribution in [3.05, 3.63) is 124 Å². The van der Waals surface area contributed by atoms with E-state index in [0.717, 1.165) is 80.7 Å². The van der Waals surface area contributed by atoms with Crippen LogP contribution in [0, 0.1) is 6.92 Å². The van der Waals surface area contributed by atoms with E-state index < -0.39 is 0 Å². The molecule has 0 saturated carbocycles. The molecule has 0 radical (unpaired) electrons. The summed E-state index contributed by atoms with van der Waals surface area (Å²) in [6.07, 6.45) is 1.77. The maximum Gasteiger partial charge on any atom is 0.150 e. The van der Waals surface area contributed by atoms with Crippen LogP contribution in [0.3, 0.4) is 0 Å². The van der Waals surface area contributed by atoms with E-state index in [1.54, 1.807) is 14.2 Å². The Balaban J connectivity index is 1.61. The average Bonchev–Trinajstić information content (AvgIpc) is 3.05. The van der Waals surface area contributed by atoms with E-state index in [1.807, 2.05) is 36.4 Å². The summed E-state index contributed by atoms with van der Waals surface area (Å²) in [6, 6.07) is 31.2. The van der Waals surface area contributed by atoms with Gasteiger partial charge in [-0.1, -0.05) is 72.8 Å². The van der Waals surface area contributed by atoms with E-state index in [9.17, 15) is 4.79 Å². The van der Waals surface area contributed by atoms with E-state index >= 15 is 0 Å². The van der Waals surface area contributed by atoms with Gasteiger partial charge < -0.3 is 14.2 Å². The molecule has 5 heteroatoms. The highest BCUT2D eigenvalue weighted by Crippen LogP contribution is 2.50. The molecule has 0 saturated heterocycles. The number of benzene rings is 5. The lowest BCUT2D eigenvalue weighted by Gasteiger charge is -2.42. The Kier molecular flexibility index (Phi) is 8.40. The van der Waals surface area contributed by atoms with Gasteiger partial charge in [0.2, 0.25) is 0 Å². The zero-order valence-corrected chi connectivity index (χ0v) is 26.1. The lowest BCUT2D eigenvalue weighted by Crippen LogP contribution is -2.41. The van der Waals surface area contributed by atoms with Crippen LogP contribution in [-0.4, -0.2) is 31.4 Å². The second kappa shape index (κ2) is 12.6. The molecular formula is C39H39NO4. The Morgan fingerprint density at radius 3 is 2.18 bits per heavy atom. The monoisotopic (exact) mass is 585 g/mol. The van der Waals surface area contributed by atoms with Gasteiger partial charge in [-0.25, -0.2) is 0 Å². The number of nitrogens with zero attached hydrogens (tertiary/aromatic N) is 1. The zero-order valence-electron chi connectivity index (χ0n) is 26.1.